The van der Waals surface area contributed by atoms with Crippen molar-refractivity contribution < 1.29 is 18.0 Å². The molecule has 0 aliphatic carbocycles. The van der Waals surface area contributed by atoms with Crippen molar-refractivity contribution in [1.82, 2.24) is 25.0 Å². The first-order valence-electron chi connectivity index (χ1n) is 9.85. The van der Waals surface area contributed by atoms with Crippen molar-refractivity contribution in [2.45, 2.75) is 12.7 Å². The van der Waals surface area contributed by atoms with E-state index >= 15 is 0 Å². The van der Waals surface area contributed by atoms with Gasteiger partial charge in [0, 0.05) is 17.1 Å². The SMILES string of the molecule is NC(=O)c1ccc(-c2ccc3nnn(Cc4cccc5cccnc45)c3n2)cc1C(F)(F)F. The number of halogens is 3. The number of carbonyl (C=O) groups is 1. The van der Waals surface area contributed by atoms with Crippen LogP contribution in [0.4, 0.5) is 13.2 Å². The van der Waals surface area contributed by atoms with Gasteiger partial charge in [-0.05, 0) is 35.9 Å². The van der Waals surface area contributed by atoms with E-state index in [2.05, 4.69) is 20.3 Å². The van der Waals surface area contributed by atoms with Gasteiger partial charge >= 0.3 is 6.18 Å². The molecule has 0 aliphatic rings. The van der Waals surface area contributed by atoms with Crippen molar-refractivity contribution in [2.24, 2.45) is 5.73 Å². The van der Waals surface area contributed by atoms with Crippen LogP contribution >= 0.6 is 0 Å². The summed E-state index contributed by atoms with van der Waals surface area (Å²) in [5.74, 6) is -1.15. The zero-order valence-electron chi connectivity index (χ0n) is 16.9. The summed E-state index contributed by atoms with van der Waals surface area (Å²) in [5.41, 5.74) is 6.50. The number of carbonyl (C=O) groups excluding carboxylic acids is 1. The molecule has 3 heterocycles. The number of hydrogen-bond acceptors (Lipinski definition) is 5. The number of alkyl halides is 3. The number of pyridine rings is 2. The lowest BCUT2D eigenvalue weighted by atomic mass is 10.0. The molecule has 0 fully saturated rings. The number of amides is 1. The maximum atomic E-state index is 13.5. The van der Waals surface area contributed by atoms with E-state index in [0.717, 1.165) is 28.6 Å². The number of fused-ring (bicyclic) bond motifs is 2. The van der Waals surface area contributed by atoms with Crippen molar-refractivity contribution in [1.29, 1.82) is 0 Å². The Bertz CT molecular complexity index is 1520. The summed E-state index contributed by atoms with van der Waals surface area (Å²) in [5, 5.41) is 9.25. The number of benzene rings is 2. The van der Waals surface area contributed by atoms with E-state index in [4.69, 9.17) is 5.73 Å². The average Bonchev–Trinajstić information content (AvgIpc) is 3.20. The van der Waals surface area contributed by atoms with Crippen LogP contribution in [0.1, 0.15) is 21.5 Å². The van der Waals surface area contributed by atoms with Gasteiger partial charge in [0.25, 0.3) is 0 Å². The highest BCUT2D eigenvalue weighted by molar-refractivity contribution is 5.95. The molecule has 10 heteroatoms. The van der Waals surface area contributed by atoms with Crippen LogP contribution in [0.25, 0.3) is 33.3 Å². The van der Waals surface area contributed by atoms with Gasteiger partial charge < -0.3 is 5.73 Å². The van der Waals surface area contributed by atoms with Crippen molar-refractivity contribution in [3.8, 4) is 11.3 Å². The number of aromatic nitrogens is 5. The zero-order valence-corrected chi connectivity index (χ0v) is 16.9. The van der Waals surface area contributed by atoms with E-state index in [1.165, 1.54) is 6.07 Å². The molecule has 2 N–H and O–H groups in total. The molecular formula is C23H15F3N6O. The van der Waals surface area contributed by atoms with Crippen LogP contribution in [-0.4, -0.2) is 30.9 Å². The van der Waals surface area contributed by atoms with Crippen molar-refractivity contribution in [3.63, 3.8) is 0 Å². The average molecular weight is 448 g/mol. The number of primary amides is 1. The molecule has 33 heavy (non-hydrogen) atoms. The molecule has 5 aromatic rings. The molecule has 0 radical (unpaired) electrons. The molecule has 0 atom stereocenters. The molecule has 164 valence electrons. The number of para-hydroxylation sites is 1. The standard InChI is InChI=1S/C23H15F3N6O/c24-23(25,26)17-11-14(6-7-16(17)21(27)33)18-8-9-19-22(29-18)32(31-30-19)12-15-4-1-3-13-5-2-10-28-20(13)15/h1-11H,12H2,(H2,27,33). The second-order valence-electron chi connectivity index (χ2n) is 7.40. The van der Waals surface area contributed by atoms with Gasteiger partial charge in [-0.25, -0.2) is 9.67 Å². The Hall–Kier alpha value is -4.34. The van der Waals surface area contributed by atoms with E-state index in [0.29, 0.717) is 17.7 Å². The lowest BCUT2D eigenvalue weighted by Crippen LogP contribution is -2.18. The maximum absolute atomic E-state index is 13.5. The minimum atomic E-state index is -4.74. The first-order chi connectivity index (χ1) is 15.8. The van der Waals surface area contributed by atoms with Crippen LogP contribution in [-0.2, 0) is 12.7 Å². The highest BCUT2D eigenvalue weighted by atomic mass is 19.4. The Labute approximate surface area is 184 Å². The Morgan fingerprint density at radius 1 is 1.03 bits per heavy atom. The van der Waals surface area contributed by atoms with Gasteiger partial charge in [-0.1, -0.05) is 35.5 Å². The molecule has 7 nitrogen and oxygen atoms in total. The monoisotopic (exact) mass is 448 g/mol. The van der Waals surface area contributed by atoms with Crippen LogP contribution < -0.4 is 5.73 Å². The molecule has 2 aromatic carbocycles. The van der Waals surface area contributed by atoms with Gasteiger partial charge in [-0.15, -0.1) is 5.10 Å². The summed E-state index contributed by atoms with van der Waals surface area (Å²) in [6, 6.07) is 16.1. The lowest BCUT2D eigenvalue weighted by Gasteiger charge is -2.12. The summed E-state index contributed by atoms with van der Waals surface area (Å²) in [6.45, 7) is 0.329. The van der Waals surface area contributed by atoms with Gasteiger partial charge in [0.05, 0.1) is 28.9 Å². The molecule has 3 aromatic heterocycles. The third-order valence-corrected chi connectivity index (χ3v) is 5.28. The predicted molar refractivity (Wildman–Crippen MR) is 115 cm³/mol. The van der Waals surface area contributed by atoms with E-state index < -0.39 is 23.2 Å². The first-order valence-corrected chi connectivity index (χ1v) is 9.85. The maximum Gasteiger partial charge on any atom is 0.417 e. The molecule has 0 spiro atoms. The van der Waals surface area contributed by atoms with Gasteiger partial charge in [0.15, 0.2) is 5.65 Å². The Kier molecular flexibility index (Phi) is 4.77. The molecule has 0 saturated heterocycles. The summed E-state index contributed by atoms with van der Waals surface area (Å²) in [4.78, 5) is 20.4. The Balaban J connectivity index is 1.59. The topological polar surface area (TPSA) is 99.6 Å². The molecular weight excluding hydrogens is 433 g/mol. The third kappa shape index (κ3) is 3.75. The Morgan fingerprint density at radius 3 is 2.64 bits per heavy atom. The van der Waals surface area contributed by atoms with E-state index in [9.17, 15) is 18.0 Å². The summed E-state index contributed by atoms with van der Waals surface area (Å²) >= 11 is 0. The summed E-state index contributed by atoms with van der Waals surface area (Å²) < 4.78 is 42.0. The van der Waals surface area contributed by atoms with Gasteiger partial charge in [0.1, 0.15) is 5.52 Å². The van der Waals surface area contributed by atoms with Crippen LogP contribution in [0.2, 0.25) is 0 Å². The van der Waals surface area contributed by atoms with Crippen molar-refractivity contribution in [3.05, 3.63) is 83.6 Å². The molecule has 1 amide bonds. The highest BCUT2D eigenvalue weighted by Crippen LogP contribution is 2.35. The van der Waals surface area contributed by atoms with Crippen molar-refractivity contribution >= 4 is 28.0 Å². The molecule has 0 saturated carbocycles. The highest BCUT2D eigenvalue weighted by Gasteiger charge is 2.35. The second kappa shape index (κ2) is 7.66. The summed E-state index contributed by atoms with van der Waals surface area (Å²) in [7, 11) is 0. The smallest absolute Gasteiger partial charge is 0.366 e. The van der Waals surface area contributed by atoms with Gasteiger partial charge in [0.2, 0.25) is 5.91 Å². The quantitative estimate of drug-likeness (QED) is 0.444. The van der Waals surface area contributed by atoms with E-state index in [1.807, 2.05) is 30.3 Å². The normalized spacial score (nSPS) is 11.8. The number of rotatable bonds is 4. The fraction of sp³-hybridized carbons (Fsp3) is 0.0870. The Morgan fingerprint density at radius 2 is 1.85 bits per heavy atom. The van der Waals surface area contributed by atoms with Gasteiger partial charge in [-0.3, -0.25) is 9.78 Å². The minimum absolute atomic E-state index is 0.189. The number of hydrogen-bond donors (Lipinski definition) is 1. The van der Waals surface area contributed by atoms with Crippen LogP contribution in [0, 0.1) is 0 Å². The van der Waals surface area contributed by atoms with Crippen LogP contribution in [0.5, 0.6) is 0 Å². The zero-order chi connectivity index (χ0) is 23.2. The minimum Gasteiger partial charge on any atom is -0.366 e. The van der Waals surface area contributed by atoms with Crippen LogP contribution in [0.3, 0.4) is 0 Å². The molecule has 5 rings (SSSR count). The van der Waals surface area contributed by atoms with Crippen LogP contribution in [0.15, 0.2) is 66.9 Å². The fourth-order valence-electron chi connectivity index (χ4n) is 3.73. The summed E-state index contributed by atoms with van der Waals surface area (Å²) in [6.07, 6.45) is -3.04. The van der Waals surface area contributed by atoms with Gasteiger partial charge in [-0.2, -0.15) is 13.2 Å². The molecule has 0 bridgehead atoms. The predicted octanol–water partition coefficient (Wildman–Crippen LogP) is 4.21. The largest absolute Gasteiger partial charge is 0.417 e. The van der Waals surface area contributed by atoms with Crippen molar-refractivity contribution in [2.75, 3.05) is 0 Å². The number of nitrogens with zero attached hydrogens (tertiary/aromatic N) is 5. The number of nitrogens with two attached hydrogens (primary N) is 1. The fourth-order valence-corrected chi connectivity index (χ4v) is 3.73. The lowest BCUT2D eigenvalue weighted by molar-refractivity contribution is -0.137. The van der Waals surface area contributed by atoms with E-state index in [1.54, 1.807) is 23.0 Å². The second-order valence-corrected chi connectivity index (χ2v) is 7.40. The molecule has 0 unspecified atom stereocenters. The third-order valence-electron chi connectivity index (χ3n) is 5.28. The first kappa shape index (κ1) is 20.6. The molecule has 0 aliphatic heterocycles. The van der Waals surface area contributed by atoms with E-state index in [-0.39, 0.29) is 11.3 Å².